The van der Waals surface area contributed by atoms with Crippen LogP contribution < -0.4 is 10.5 Å². The van der Waals surface area contributed by atoms with Crippen LogP contribution in [0.25, 0.3) is 10.3 Å². The molecule has 1 fully saturated rings. The summed E-state index contributed by atoms with van der Waals surface area (Å²) in [5, 5.41) is 2.63. The first-order valence-electron chi connectivity index (χ1n) is 8.00. The number of rotatable bonds is 4. The van der Waals surface area contributed by atoms with Gasteiger partial charge in [-0.1, -0.05) is 11.3 Å². The Morgan fingerprint density at radius 1 is 1.38 bits per heavy atom. The van der Waals surface area contributed by atoms with Gasteiger partial charge in [-0.05, 0) is 17.0 Å². The first-order chi connectivity index (χ1) is 12.7. The maximum absolute atomic E-state index is 12.2. The zero-order chi connectivity index (χ0) is 18.1. The van der Waals surface area contributed by atoms with E-state index in [2.05, 4.69) is 14.9 Å². The normalized spacial score (nSPS) is 14.7. The van der Waals surface area contributed by atoms with Gasteiger partial charge in [-0.2, -0.15) is 4.98 Å². The maximum Gasteiger partial charge on any atom is 0.348 e. The minimum Gasteiger partial charge on any atom is -0.465 e. The van der Waals surface area contributed by atoms with E-state index in [1.807, 2.05) is 11.4 Å². The van der Waals surface area contributed by atoms with E-state index in [0.29, 0.717) is 35.0 Å². The Morgan fingerprint density at radius 2 is 2.19 bits per heavy atom. The molecule has 26 heavy (non-hydrogen) atoms. The lowest BCUT2D eigenvalue weighted by molar-refractivity contribution is 0.0605. The first kappa shape index (κ1) is 17.1. The molecule has 1 saturated heterocycles. The lowest BCUT2D eigenvalue weighted by Gasteiger charge is -2.25. The molecular formula is C16H16N4O4S2. The van der Waals surface area contributed by atoms with Crippen LogP contribution in [0.5, 0.6) is 0 Å². The van der Waals surface area contributed by atoms with Crippen molar-refractivity contribution in [1.29, 1.82) is 0 Å². The highest BCUT2D eigenvalue weighted by Crippen LogP contribution is 2.28. The molecule has 3 aromatic heterocycles. The second kappa shape index (κ2) is 7.14. The van der Waals surface area contributed by atoms with Crippen molar-refractivity contribution in [3.8, 4) is 0 Å². The molecule has 0 spiro atoms. The number of esters is 1. The predicted molar refractivity (Wildman–Crippen MR) is 99.5 cm³/mol. The van der Waals surface area contributed by atoms with E-state index in [0.717, 1.165) is 23.8 Å². The Kier molecular flexibility index (Phi) is 4.70. The van der Waals surface area contributed by atoms with E-state index in [9.17, 15) is 9.59 Å². The molecule has 0 unspecified atom stereocenters. The smallest absolute Gasteiger partial charge is 0.348 e. The van der Waals surface area contributed by atoms with Crippen LogP contribution in [0.4, 0.5) is 5.13 Å². The molecule has 4 rings (SSSR count). The number of thiophene rings is 1. The van der Waals surface area contributed by atoms with Crippen molar-refractivity contribution in [3.05, 3.63) is 38.6 Å². The average molecular weight is 392 g/mol. The van der Waals surface area contributed by atoms with Gasteiger partial charge in [-0.3, -0.25) is 4.79 Å². The van der Waals surface area contributed by atoms with Crippen molar-refractivity contribution < 1.29 is 14.3 Å². The first-order valence-corrected chi connectivity index (χ1v) is 9.70. The molecule has 8 nitrogen and oxygen atoms in total. The van der Waals surface area contributed by atoms with Crippen LogP contribution in [0, 0.1) is 0 Å². The maximum atomic E-state index is 12.2. The summed E-state index contributed by atoms with van der Waals surface area (Å²) in [6.45, 7) is 3.19. The van der Waals surface area contributed by atoms with E-state index in [1.54, 1.807) is 4.57 Å². The van der Waals surface area contributed by atoms with Crippen molar-refractivity contribution in [3.63, 3.8) is 0 Å². The molecule has 0 aromatic carbocycles. The number of ether oxygens (including phenoxy) is 2. The number of carbonyl (C=O) groups excluding carboxylic acids is 1. The largest absolute Gasteiger partial charge is 0.465 e. The zero-order valence-corrected chi connectivity index (χ0v) is 15.6. The monoisotopic (exact) mass is 392 g/mol. The van der Waals surface area contributed by atoms with Gasteiger partial charge in [0.15, 0.2) is 10.8 Å². The third kappa shape index (κ3) is 3.11. The molecule has 136 valence electrons. The van der Waals surface area contributed by atoms with Crippen molar-refractivity contribution in [2.75, 3.05) is 38.3 Å². The van der Waals surface area contributed by atoms with Gasteiger partial charge in [-0.25, -0.2) is 9.78 Å². The van der Waals surface area contributed by atoms with E-state index in [4.69, 9.17) is 9.47 Å². The van der Waals surface area contributed by atoms with E-state index in [-0.39, 0.29) is 11.5 Å². The fourth-order valence-corrected chi connectivity index (χ4v) is 4.64. The Labute approximate surface area is 156 Å². The molecule has 0 aliphatic carbocycles. The number of hydrogen-bond donors (Lipinski definition) is 0. The zero-order valence-electron chi connectivity index (χ0n) is 14.0. The Bertz CT molecular complexity index is 1000. The van der Waals surface area contributed by atoms with Gasteiger partial charge < -0.3 is 18.9 Å². The quantitative estimate of drug-likeness (QED) is 0.623. The van der Waals surface area contributed by atoms with Gasteiger partial charge in [0.05, 0.1) is 26.9 Å². The highest BCUT2D eigenvalue weighted by Gasteiger charge is 2.20. The van der Waals surface area contributed by atoms with Crippen molar-refractivity contribution in [1.82, 2.24) is 14.5 Å². The van der Waals surface area contributed by atoms with Gasteiger partial charge in [-0.15, -0.1) is 11.3 Å². The lowest BCUT2D eigenvalue weighted by atomic mass is 10.2. The van der Waals surface area contributed by atoms with Crippen molar-refractivity contribution >= 4 is 44.1 Å². The average Bonchev–Trinajstić information content (AvgIpc) is 3.32. The number of aromatic nitrogens is 3. The van der Waals surface area contributed by atoms with Crippen molar-refractivity contribution in [2.24, 2.45) is 0 Å². The number of hydrogen-bond acceptors (Lipinski definition) is 9. The molecule has 0 N–H and O–H groups in total. The van der Waals surface area contributed by atoms with Gasteiger partial charge in [0.25, 0.3) is 5.56 Å². The predicted octanol–water partition coefficient (Wildman–Crippen LogP) is 1.59. The summed E-state index contributed by atoms with van der Waals surface area (Å²) in [5.41, 5.74) is 1.11. The number of fused-ring (bicyclic) bond motifs is 1. The minimum absolute atomic E-state index is 0.285. The third-order valence-electron chi connectivity index (χ3n) is 4.12. The van der Waals surface area contributed by atoms with Crippen LogP contribution in [0.2, 0.25) is 0 Å². The van der Waals surface area contributed by atoms with E-state index < -0.39 is 0 Å². The topological polar surface area (TPSA) is 86.6 Å². The summed E-state index contributed by atoms with van der Waals surface area (Å²) in [6.07, 6.45) is 1.48. The van der Waals surface area contributed by atoms with Crippen LogP contribution >= 0.6 is 22.7 Å². The molecule has 4 heterocycles. The Hall–Kier alpha value is -2.30. The van der Waals surface area contributed by atoms with Gasteiger partial charge >= 0.3 is 5.97 Å². The van der Waals surface area contributed by atoms with Crippen LogP contribution in [-0.4, -0.2) is 53.9 Å². The standard InChI is InChI=1S/C16H16N4O4S2/c1-23-15(22)11-10(2-7-25-11)8-20-9-17-14(21)12-13(20)18-16(26-12)19-3-5-24-6-4-19/h2,7,9H,3-6,8H2,1H3. The van der Waals surface area contributed by atoms with Gasteiger partial charge in [0.1, 0.15) is 15.9 Å². The Balaban J connectivity index is 1.73. The third-order valence-corrected chi connectivity index (χ3v) is 6.15. The minimum atomic E-state index is -0.368. The lowest BCUT2D eigenvalue weighted by Crippen LogP contribution is -2.36. The molecule has 1 aliphatic rings. The van der Waals surface area contributed by atoms with Crippen LogP contribution in [0.1, 0.15) is 15.2 Å². The highest BCUT2D eigenvalue weighted by molar-refractivity contribution is 7.22. The molecule has 0 atom stereocenters. The summed E-state index contributed by atoms with van der Waals surface area (Å²) in [4.78, 5) is 35.4. The fourth-order valence-electron chi connectivity index (χ4n) is 2.79. The van der Waals surface area contributed by atoms with Crippen LogP contribution in [-0.2, 0) is 16.0 Å². The molecular weight excluding hydrogens is 376 g/mol. The summed E-state index contributed by atoms with van der Waals surface area (Å²) < 4.78 is 12.5. The molecule has 0 saturated carbocycles. The molecule has 0 bridgehead atoms. The second-order valence-electron chi connectivity index (χ2n) is 5.69. The molecule has 10 heteroatoms. The number of nitrogens with zero attached hydrogens (tertiary/aromatic N) is 4. The number of carbonyl (C=O) groups is 1. The number of thiazole rings is 1. The van der Waals surface area contributed by atoms with Gasteiger partial charge in [0, 0.05) is 13.1 Å². The van der Waals surface area contributed by atoms with E-state index >= 15 is 0 Å². The molecule has 3 aromatic rings. The number of methoxy groups -OCH3 is 1. The number of morpholine rings is 1. The van der Waals surface area contributed by atoms with E-state index in [1.165, 1.54) is 36.1 Å². The Morgan fingerprint density at radius 3 is 2.96 bits per heavy atom. The highest BCUT2D eigenvalue weighted by atomic mass is 32.1. The fraction of sp³-hybridized carbons (Fsp3) is 0.375. The summed E-state index contributed by atoms with van der Waals surface area (Å²) in [5.74, 6) is -0.368. The van der Waals surface area contributed by atoms with Crippen LogP contribution in [0.15, 0.2) is 22.6 Å². The van der Waals surface area contributed by atoms with Crippen LogP contribution in [0.3, 0.4) is 0 Å². The van der Waals surface area contributed by atoms with Crippen molar-refractivity contribution in [2.45, 2.75) is 6.54 Å². The van der Waals surface area contributed by atoms with Gasteiger partial charge in [0.2, 0.25) is 0 Å². The molecule has 0 amide bonds. The summed E-state index contributed by atoms with van der Waals surface area (Å²) >= 11 is 2.67. The molecule has 1 aliphatic heterocycles. The summed E-state index contributed by atoms with van der Waals surface area (Å²) in [7, 11) is 1.36. The number of anilines is 1. The SMILES string of the molecule is COC(=O)c1sccc1Cn1cnc(=O)c2sc(N3CCOCC3)nc21. The molecule has 0 radical (unpaired) electrons. The second-order valence-corrected chi connectivity index (χ2v) is 7.59. The summed E-state index contributed by atoms with van der Waals surface area (Å²) in [6, 6.07) is 1.87.